The molecule has 4 aromatic rings. The molecule has 1 atom stereocenters. The number of para-hydroxylation sites is 2. The molecule has 0 aliphatic carbocycles. The summed E-state index contributed by atoms with van der Waals surface area (Å²) in [7, 11) is 0. The largest absolute Gasteiger partial charge is 0.376 e. The van der Waals surface area contributed by atoms with Gasteiger partial charge in [0.15, 0.2) is 0 Å². The summed E-state index contributed by atoms with van der Waals surface area (Å²) in [5.41, 5.74) is 3.14. The number of benzene rings is 2. The van der Waals surface area contributed by atoms with Crippen LogP contribution in [0.3, 0.4) is 0 Å². The monoisotopic (exact) mass is 467 g/mol. The average molecular weight is 467 g/mol. The van der Waals surface area contributed by atoms with Crippen LogP contribution in [0.1, 0.15) is 43.9 Å². The van der Waals surface area contributed by atoms with Crippen LogP contribution < -0.4 is 5.32 Å². The lowest BCUT2D eigenvalue weighted by molar-refractivity contribution is 0.0475. The van der Waals surface area contributed by atoms with Crippen molar-refractivity contribution in [3.8, 4) is 5.82 Å². The van der Waals surface area contributed by atoms with E-state index in [4.69, 9.17) is 4.74 Å². The molecule has 9 heteroatoms. The van der Waals surface area contributed by atoms with Gasteiger partial charge in [0.05, 0.1) is 46.7 Å². The van der Waals surface area contributed by atoms with Crippen LogP contribution in [-0.2, 0) is 4.74 Å². The molecule has 0 saturated carbocycles. The molecular formula is C26H21N5O4. The molecule has 9 nitrogen and oxygen atoms in total. The Morgan fingerprint density at radius 3 is 2.69 bits per heavy atom. The Balaban J connectivity index is 1.18. The van der Waals surface area contributed by atoms with Gasteiger partial charge in [0.25, 0.3) is 17.7 Å². The fourth-order valence-corrected chi connectivity index (χ4v) is 4.54. The summed E-state index contributed by atoms with van der Waals surface area (Å²) in [5, 5.41) is 2.80. The van der Waals surface area contributed by atoms with E-state index in [1.54, 1.807) is 30.7 Å². The molecule has 2 aliphatic heterocycles. The second-order valence-electron chi connectivity index (χ2n) is 8.58. The molecule has 1 unspecified atom stereocenters. The Bertz CT molecular complexity index is 1470. The summed E-state index contributed by atoms with van der Waals surface area (Å²) in [6.45, 7) is 0.880. The number of pyridine rings is 1. The fourth-order valence-electron chi connectivity index (χ4n) is 4.54. The highest BCUT2D eigenvalue weighted by molar-refractivity contribution is 6.22. The lowest BCUT2D eigenvalue weighted by atomic mass is 10.1. The third kappa shape index (κ3) is 3.75. The fraction of sp³-hybridized carbons (Fsp3) is 0.192. The van der Waals surface area contributed by atoms with Crippen LogP contribution >= 0.6 is 0 Å². The molecule has 4 heterocycles. The summed E-state index contributed by atoms with van der Waals surface area (Å²) < 4.78 is 7.44. The van der Waals surface area contributed by atoms with Gasteiger partial charge in [-0.2, -0.15) is 0 Å². The number of amides is 3. The maximum absolute atomic E-state index is 12.9. The molecule has 3 amide bonds. The standard InChI is InChI=1S/C26H21N5O4/c32-24(29-17-8-10-23(27-13-17)31-15-28-21-5-1-2-6-22(21)31)16-7-9-19-20(12-16)26(34)30(25(19)33)14-18-4-3-11-35-18/h1-2,5-10,12-13,15,18H,3-4,11,14H2,(H,29,32). The first kappa shape index (κ1) is 21.2. The van der Waals surface area contributed by atoms with E-state index in [1.807, 2.05) is 28.8 Å². The highest BCUT2D eigenvalue weighted by Gasteiger charge is 2.38. The number of aromatic nitrogens is 3. The van der Waals surface area contributed by atoms with Gasteiger partial charge in [0.2, 0.25) is 0 Å². The van der Waals surface area contributed by atoms with Crippen molar-refractivity contribution in [2.45, 2.75) is 18.9 Å². The number of carbonyl (C=O) groups is 3. The summed E-state index contributed by atoms with van der Waals surface area (Å²) in [6.07, 6.45) is 4.89. The van der Waals surface area contributed by atoms with Crippen LogP contribution in [0.25, 0.3) is 16.9 Å². The second-order valence-corrected chi connectivity index (χ2v) is 8.58. The molecule has 6 rings (SSSR count). The first-order chi connectivity index (χ1) is 17.1. The quantitative estimate of drug-likeness (QED) is 0.451. The number of rotatable bonds is 5. The molecule has 2 aromatic heterocycles. The van der Waals surface area contributed by atoms with Crippen molar-refractivity contribution in [3.63, 3.8) is 0 Å². The van der Waals surface area contributed by atoms with Crippen LogP contribution in [0.2, 0.25) is 0 Å². The number of nitrogens with one attached hydrogen (secondary N) is 1. The molecule has 2 aromatic carbocycles. The van der Waals surface area contributed by atoms with Gasteiger partial charge in [-0.15, -0.1) is 0 Å². The van der Waals surface area contributed by atoms with E-state index in [1.165, 1.54) is 17.0 Å². The van der Waals surface area contributed by atoms with E-state index in [-0.39, 0.29) is 29.7 Å². The zero-order valence-electron chi connectivity index (χ0n) is 18.7. The lowest BCUT2D eigenvalue weighted by Gasteiger charge is -2.17. The molecule has 0 spiro atoms. The molecule has 1 saturated heterocycles. The molecule has 1 fully saturated rings. The lowest BCUT2D eigenvalue weighted by Crippen LogP contribution is -2.36. The van der Waals surface area contributed by atoms with Crippen LogP contribution in [0, 0.1) is 0 Å². The maximum Gasteiger partial charge on any atom is 0.261 e. The number of hydrogen-bond donors (Lipinski definition) is 1. The number of imide groups is 1. The third-order valence-corrected chi connectivity index (χ3v) is 6.35. The molecule has 174 valence electrons. The number of imidazole rings is 1. The Morgan fingerprint density at radius 1 is 1.03 bits per heavy atom. The van der Waals surface area contributed by atoms with E-state index in [0.29, 0.717) is 23.7 Å². The van der Waals surface area contributed by atoms with E-state index >= 15 is 0 Å². The zero-order valence-corrected chi connectivity index (χ0v) is 18.7. The summed E-state index contributed by atoms with van der Waals surface area (Å²) in [6, 6.07) is 15.8. The predicted molar refractivity (Wildman–Crippen MR) is 128 cm³/mol. The van der Waals surface area contributed by atoms with Gasteiger partial charge in [0, 0.05) is 12.2 Å². The summed E-state index contributed by atoms with van der Waals surface area (Å²) in [5.74, 6) is -0.467. The van der Waals surface area contributed by atoms with Crippen LogP contribution in [-0.4, -0.2) is 56.4 Å². The highest BCUT2D eigenvalue weighted by Crippen LogP contribution is 2.26. The number of nitrogens with zero attached hydrogens (tertiary/aromatic N) is 4. The maximum atomic E-state index is 12.9. The Kier molecular flexibility index (Phi) is 5.11. The third-order valence-electron chi connectivity index (χ3n) is 6.35. The van der Waals surface area contributed by atoms with E-state index in [9.17, 15) is 14.4 Å². The van der Waals surface area contributed by atoms with Crippen molar-refractivity contribution in [1.82, 2.24) is 19.4 Å². The SMILES string of the molecule is O=C(Nc1ccc(-n2cnc3ccccc32)nc1)c1ccc2c(c1)C(=O)N(CC1CCCO1)C2=O. The Hall–Kier alpha value is -4.37. The van der Waals surface area contributed by atoms with Crippen LogP contribution in [0.15, 0.2) is 67.1 Å². The number of hydrogen-bond acceptors (Lipinski definition) is 6. The normalized spacial score (nSPS) is 17.3. The summed E-state index contributed by atoms with van der Waals surface area (Å²) in [4.78, 5) is 48.5. The number of carbonyl (C=O) groups excluding carboxylic acids is 3. The highest BCUT2D eigenvalue weighted by atomic mass is 16.5. The van der Waals surface area contributed by atoms with Gasteiger partial charge in [0.1, 0.15) is 12.1 Å². The molecular weight excluding hydrogens is 446 g/mol. The van der Waals surface area contributed by atoms with Gasteiger partial charge in [-0.25, -0.2) is 9.97 Å². The van der Waals surface area contributed by atoms with Crippen molar-refractivity contribution in [2.24, 2.45) is 0 Å². The molecule has 0 radical (unpaired) electrons. The first-order valence-electron chi connectivity index (χ1n) is 11.4. The Morgan fingerprint density at radius 2 is 1.89 bits per heavy atom. The van der Waals surface area contributed by atoms with Crippen molar-refractivity contribution in [2.75, 3.05) is 18.5 Å². The molecule has 1 N–H and O–H groups in total. The second kappa shape index (κ2) is 8.44. The van der Waals surface area contributed by atoms with E-state index in [2.05, 4.69) is 15.3 Å². The smallest absolute Gasteiger partial charge is 0.261 e. The number of fused-ring (bicyclic) bond motifs is 2. The van der Waals surface area contributed by atoms with Crippen molar-refractivity contribution < 1.29 is 19.1 Å². The average Bonchev–Trinajstić information content (AvgIpc) is 3.61. The molecule has 0 bridgehead atoms. The van der Waals surface area contributed by atoms with E-state index in [0.717, 1.165) is 23.9 Å². The summed E-state index contributed by atoms with van der Waals surface area (Å²) >= 11 is 0. The number of anilines is 1. The van der Waals surface area contributed by atoms with Gasteiger partial charge < -0.3 is 10.1 Å². The topological polar surface area (TPSA) is 106 Å². The van der Waals surface area contributed by atoms with Crippen molar-refractivity contribution in [3.05, 3.63) is 83.8 Å². The number of ether oxygens (including phenoxy) is 1. The van der Waals surface area contributed by atoms with Gasteiger partial charge >= 0.3 is 0 Å². The zero-order chi connectivity index (χ0) is 23.9. The minimum absolute atomic E-state index is 0.129. The Labute approximate surface area is 200 Å². The van der Waals surface area contributed by atoms with Gasteiger partial charge in [-0.05, 0) is 55.3 Å². The van der Waals surface area contributed by atoms with Crippen LogP contribution in [0.5, 0.6) is 0 Å². The predicted octanol–water partition coefficient (Wildman–Crippen LogP) is 3.45. The first-order valence-corrected chi connectivity index (χ1v) is 11.4. The van der Waals surface area contributed by atoms with Crippen molar-refractivity contribution in [1.29, 1.82) is 0 Å². The van der Waals surface area contributed by atoms with Gasteiger partial charge in [-0.3, -0.25) is 23.9 Å². The minimum Gasteiger partial charge on any atom is -0.376 e. The molecule has 35 heavy (non-hydrogen) atoms. The minimum atomic E-state index is -0.395. The van der Waals surface area contributed by atoms with Crippen LogP contribution in [0.4, 0.5) is 5.69 Å². The van der Waals surface area contributed by atoms with E-state index < -0.39 is 11.8 Å². The molecule has 2 aliphatic rings. The van der Waals surface area contributed by atoms with Gasteiger partial charge in [-0.1, -0.05) is 12.1 Å². The van der Waals surface area contributed by atoms with Crippen molar-refractivity contribution >= 4 is 34.4 Å².